The van der Waals surface area contributed by atoms with Crippen LogP contribution < -0.4 is 0 Å². The Labute approximate surface area is 123 Å². The number of carboxylic acids is 1. The van der Waals surface area contributed by atoms with E-state index in [-0.39, 0.29) is 6.54 Å². The summed E-state index contributed by atoms with van der Waals surface area (Å²) in [4.78, 5) is 15.6. The minimum atomic E-state index is -0.831. The zero-order valence-electron chi connectivity index (χ0n) is 12.2. The van der Waals surface area contributed by atoms with E-state index < -0.39 is 11.4 Å². The fourth-order valence-electron chi connectivity index (χ4n) is 2.29. The lowest BCUT2D eigenvalue weighted by molar-refractivity contribution is -0.150. The van der Waals surface area contributed by atoms with Gasteiger partial charge in [0.05, 0.1) is 12.0 Å². The lowest BCUT2D eigenvalue weighted by Crippen LogP contribution is -2.35. The van der Waals surface area contributed by atoms with Crippen LogP contribution in [0.1, 0.15) is 38.1 Å². The van der Waals surface area contributed by atoms with Gasteiger partial charge >= 0.3 is 5.97 Å². The number of aliphatic carboxylic acids is 1. The number of tetrazole rings is 1. The van der Waals surface area contributed by atoms with Gasteiger partial charge in [-0.05, 0) is 41.0 Å². The first-order valence-electron chi connectivity index (χ1n) is 6.98. The molecule has 7 heteroatoms. The average Bonchev–Trinajstić information content (AvgIpc) is 2.92. The SMILES string of the molecule is CCC(CC)(Cn1nnnc1Cc1ccncc1)C(=O)O. The summed E-state index contributed by atoms with van der Waals surface area (Å²) in [7, 11) is 0. The maximum Gasteiger partial charge on any atom is 0.311 e. The van der Waals surface area contributed by atoms with Crippen molar-refractivity contribution in [2.45, 2.75) is 39.7 Å². The van der Waals surface area contributed by atoms with Gasteiger partial charge in [-0.2, -0.15) is 0 Å². The molecule has 1 N–H and O–H groups in total. The van der Waals surface area contributed by atoms with Gasteiger partial charge in [0.2, 0.25) is 0 Å². The van der Waals surface area contributed by atoms with Crippen LogP contribution in [-0.2, 0) is 17.8 Å². The van der Waals surface area contributed by atoms with Crippen LogP contribution in [0, 0.1) is 5.41 Å². The van der Waals surface area contributed by atoms with Crippen LogP contribution in [0.3, 0.4) is 0 Å². The summed E-state index contributed by atoms with van der Waals surface area (Å²) >= 11 is 0. The van der Waals surface area contributed by atoms with Crippen LogP contribution in [0.15, 0.2) is 24.5 Å². The van der Waals surface area contributed by atoms with Crippen molar-refractivity contribution < 1.29 is 9.90 Å². The lowest BCUT2D eigenvalue weighted by atomic mass is 9.82. The molecule has 0 aromatic carbocycles. The molecule has 0 amide bonds. The number of hydrogen-bond acceptors (Lipinski definition) is 5. The Morgan fingerprint density at radius 1 is 1.29 bits per heavy atom. The van der Waals surface area contributed by atoms with Gasteiger partial charge in [0.25, 0.3) is 0 Å². The zero-order chi connectivity index (χ0) is 15.3. The van der Waals surface area contributed by atoms with E-state index in [2.05, 4.69) is 20.5 Å². The highest BCUT2D eigenvalue weighted by Gasteiger charge is 2.36. The van der Waals surface area contributed by atoms with E-state index in [1.165, 1.54) is 0 Å². The molecule has 21 heavy (non-hydrogen) atoms. The van der Waals surface area contributed by atoms with Gasteiger partial charge in [0.15, 0.2) is 5.82 Å². The van der Waals surface area contributed by atoms with Gasteiger partial charge in [-0.15, -0.1) is 5.10 Å². The third kappa shape index (κ3) is 3.24. The molecule has 0 aliphatic rings. The molecule has 0 fully saturated rings. The Morgan fingerprint density at radius 2 is 1.95 bits per heavy atom. The number of carbonyl (C=O) groups is 1. The third-order valence-electron chi connectivity index (χ3n) is 3.98. The molecule has 0 aliphatic carbocycles. The van der Waals surface area contributed by atoms with E-state index in [4.69, 9.17) is 0 Å². The Bertz CT molecular complexity index is 592. The van der Waals surface area contributed by atoms with Crippen LogP contribution in [0.2, 0.25) is 0 Å². The summed E-state index contributed by atoms with van der Waals surface area (Å²) in [5.74, 6) is -0.147. The summed E-state index contributed by atoms with van der Waals surface area (Å²) in [5, 5.41) is 21.2. The van der Waals surface area contributed by atoms with E-state index in [9.17, 15) is 9.90 Å². The van der Waals surface area contributed by atoms with E-state index in [0.29, 0.717) is 25.1 Å². The lowest BCUT2D eigenvalue weighted by Gasteiger charge is -2.26. The summed E-state index contributed by atoms with van der Waals surface area (Å²) in [5.41, 5.74) is 0.206. The highest BCUT2D eigenvalue weighted by atomic mass is 16.4. The molecule has 112 valence electrons. The number of hydrogen-bond donors (Lipinski definition) is 1. The fraction of sp³-hybridized carbons (Fsp3) is 0.500. The van der Waals surface area contributed by atoms with Crippen molar-refractivity contribution in [1.29, 1.82) is 0 Å². The number of carboxylic acid groups (broad SMARTS) is 1. The van der Waals surface area contributed by atoms with E-state index in [0.717, 1.165) is 5.56 Å². The Balaban J connectivity index is 2.22. The quantitative estimate of drug-likeness (QED) is 0.831. The van der Waals surface area contributed by atoms with Crippen molar-refractivity contribution in [3.8, 4) is 0 Å². The Morgan fingerprint density at radius 3 is 2.52 bits per heavy atom. The first-order chi connectivity index (χ1) is 10.1. The normalized spacial score (nSPS) is 11.5. The van der Waals surface area contributed by atoms with Crippen LogP contribution >= 0.6 is 0 Å². The summed E-state index contributed by atoms with van der Waals surface area (Å²) in [6.45, 7) is 4.04. The Hall–Kier alpha value is -2.31. The first kappa shape index (κ1) is 15.1. The molecule has 0 saturated carbocycles. The third-order valence-corrected chi connectivity index (χ3v) is 3.98. The van der Waals surface area contributed by atoms with Crippen molar-refractivity contribution in [3.63, 3.8) is 0 Å². The average molecular weight is 289 g/mol. The van der Waals surface area contributed by atoms with E-state index in [1.807, 2.05) is 26.0 Å². The molecule has 0 spiro atoms. The summed E-state index contributed by atoms with van der Waals surface area (Å²) in [6.07, 6.45) is 5.05. The monoisotopic (exact) mass is 289 g/mol. The molecule has 2 heterocycles. The standard InChI is InChI=1S/C14H19N5O2/c1-3-14(4-2,13(20)21)10-19-12(16-17-18-19)9-11-5-7-15-8-6-11/h5-8H,3-4,9-10H2,1-2H3,(H,20,21). The molecule has 0 aliphatic heterocycles. The number of nitrogens with zero attached hydrogens (tertiary/aromatic N) is 5. The van der Waals surface area contributed by atoms with Gasteiger partial charge in [-0.3, -0.25) is 9.78 Å². The number of rotatable bonds is 7. The first-order valence-corrected chi connectivity index (χ1v) is 6.98. The van der Waals surface area contributed by atoms with Crippen molar-refractivity contribution in [2.75, 3.05) is 0 Å². The number of aromatic nitrogens is 5. The second-order valence-electron chi connectivity index (χ2n) is 5.08. The van der Waals surface area contributed by atoms with Gasteiger partial charge in [0, 0.05) is 18.8 Å². The second-order valence-corrected chi connectivity index (χ2v) is 5.08. The van der Waals surface area contributed by atoms with Gasteiger partial charge in [-0.25, -0.2) is 4.68 Å². The minimum Gasteiger partial charge on any atom is -0.481 e. The maximum atomic E-state index is 11.6. The molecule has 7 nitrogen and oxygen atoms in total. The molecule has 0 unspecified atom stereocenters. The molecular formula is C14H19N5O2. The topological polar surface area (TPSA) is 93.8 Å². The van der Waals surface area contributed by atoms with Crippen molar-refractivity contribution in [2.24, 2.45) is 5.41 Å². The molecule has 2 aromatic heterocycles. The van der Waals surface area contributed by atoms with Crippen molar-refractivity contribution >= 4 is 5.97 Å². The molecule has 0 saturated heterocycles. The van der Waals surface area contributed by atoms with Gasteiger partial charge in [-0.1, -0.05) is 13.8 Å². The van der Waals surface area contributed by atoms with Gasteiger partial charge in [0.1, 0.15) is 0 Å². The summed E-state index contributed by atoms with van der Waals surface area (Å²) in [6, 6.07) is 3.78. The fourth-order valence-corrected chi connectivity index (χ4v) is 2.29. The number of pyridine rings is 1. The predicted molar refractivity (Wildman–Crippen MR) is 75.5 cm³/mol. The van der Waals surface area contributed by atoms with Gasteiger partial charge < -0.3 is 5.11 Å². The van der Waals surface area contributed by atoms with Crippen LogP contribution in [0.4, 0.5) is 0 Å². The molecule has 0 radical (unpaired) electrons. The van der Waals surface area contributed by atoms with E-state index in [1.54, 1.807) is 17.1 Å². The molecular weight excluding hydrogens is 270 g/mol. The van der Waals surface area contributed by atoms with Crippen LogP contribution in [0.5, 0.6) is 0 Å². The smallest absolute Gasteiger partial charge is 0.311 e. The van der Waals surface area contributed by atoms with Crippen molar-refractivity contribution in [1.82, 2.24) is 25.2 Å². The summed E-state index contributed by atoms with van der Waals surface area (Å²) < 4.78 is 1.60. The Kier molecular flexibility index (Phi) is 4.62. The molecule has 2 rings (SSSR count). The highest BCUT2D eigenvalue weighted by molar-refractivity contribution is 5.74. The zero-order valence-corrected chi connectivity index (χ0v) is 12.2. The second kappa shape index (κ2) is 6.43. The molecule has 0 bridgehead atoms. The van der Waals surface area contributed by atoms with E-state index >= 15 is 0 Å². The van der Waals surface area contributed by atoms with Crippen LogP contribution in [-0.4, -0.2) is 36.3 Å². The van der Waals surface area contributed by atoms with Crippen LogP contribution in [0.25, 0.3) is 0 Å². The highest BCUT2D eigenvalue weighted by Crippen LogP contribution is 2.29. The molecule has 0 atom stereocenters. The molecule has 2 aromatic rings. The predicted octanol–water partition coefficient (Wildman–Crippen LogP) is 1.55. The maximum absolute atomic E-state index is 11.6. The minimum absolute atomic E-state index is 0.281. The largest absolute Gasteiger partial charge is 0.481 e. The van der Waals surface area contributed by atoms with Crippen molar-refractivity contribution in [3.05, 3.63) is 35.9 Å².